The molecule has 3 N–H and O–H groups in total. The third-order valence-electron chi connectivity index (χ3n) is 2.74. The van der Waals surface area contributed by atoms with Gasteiger partial charge in [-0.25, -0.2) is 4.68 Å². The summed E-state index contributed by atoms with van der Waals surface area (Å²) < 4.78 is 1.88. The van der Waals surface area contributed by atoms with Crippen molar-refractivity contribution in [2.24, 2.45) is 5.73 Å². The molecule has 0 bridgehead atoms. The molecular formula is C13H17ClN4. The van der Waals surface area contributed by atoms with E-state index >= 15 is 0 Å². The Bertz CT molecular complexity index is 521. The summed E-state index contributed by atoms with van der Waals surface area (Å²) in [4.78, 5) is 0. The van der Waals surface area contributed by atoms with Crippen LogP contribution in [0.15, 0.2) is 30.5 Å². The van der Waals surface area contributed by atoms with Crippen LogP contribution in [0.2, 0.25) is 5.02 Å². The molecule has 0 saturated heterocycles. The van der Waals surface area contributed by atoms with Gasteiger partial charge in [0.15, 0.2) is 0 Å². The Labute approximate surface area is 112 Å². The molecule has 1 aromatic carbocycles. The van der Waals surface area contributed by atoms with Crippen molar-refractivity contribution in [2.75, 3.05) is 18.4 Å². The first-order valence-corrected chi connectivity index (χ1v) is 6.41. The van der Waals surface area contributed by atoms with Crippen LogP contribution < -0.4 is 11.1 Å². The van der Waals surface area contributed by atoms with Gasteiger partial charge in [-0.2, -0.15) is 5.10 Å². The van der Waals surface area contributed by atoms with Crippen LogP contribution in [0, 0.1) is 0 Å². The van der Waals surface area contributed by atoms with Crippen molar-refractivity contribution in [1.29, 1.82) is 0 Å². The molecule has 5 heteroatoms. The third-order valence-corrected chi connectivity index (χ3v) is 3.06. The van der Waals surface area contributed by atoms with Crippen LogP contribution in [0.5, 0.6) is 0 Å². The Morgan fingerprint density at radius 3 is 2.83 bits per heavy atom. The highest BCUT2D eigenvalue weighted by atomic mass is 35.5. The number of nitrogens with two attached hydrogens (primary N) is 1. The minimum atomic E-state index is 0.598. The van der Waals surface area contributed by atoms with E-state index in [2.05, 4.69) is 17.3 Å². The van der Waals surface area contributed by atoms with Gasteiger partial charge in [-0.1, -0.05) is 30.7 Å². The molecule has 0 amide bonds. The zero-order chi connectivity index (χ0) is 13.0. The number of aromatic nitrogens is 2. The maximum Gasteiger partial charge on any atom is 0.0835 e. The van der Waals surface area contributed by atoms with E-state index in [9.17, 15) is 0 Å². The number of hydrogen-bond acceptors (Lipinski definition) is 3. The summed E-state index contributed by atoms with van der Waals surface area (Å²) in [6.07, 6.45) is 2.69. The number of hydrogen-bond donors (Lipinski definition) is 2. The molecule has 0 unspecified atom stereocenters. The van der Waals surface area contributed by atoms with Crippen molar-refractivity contribution < 1.29 is 0 Å². The molecular weight excluding hydrogens is 248 g/mol. The molecule has 18 heavy (non-hydrogen) atoms. The first kappa shape index (κ1) is 12.9. The molecule has 0 aliphatic rings. The second kappa shape index (κ2) is 5.89. The van der Waals surface area contributed by atoms with E-state index in [1.54, 1.807) is 0 Å². The first-order valence-electron chi connectivity index (χ1n) is 6.03. The van der Waals surface area contributed by atoms with E-state index in [0.29, 0.717) is 11.6 Å². The summed E-state index contributed by atoms with van der Waals surface area (Å²) in [7, 11) is 0. The van der Waals surface area contributed by atoms with E-state index in [0.717, 1.165) is 30.0 Å². The quantitative estimate of drug-likeness (QED) is 0.872. The van der Waals surface area contributed by atoms with Gasteiger partial charge in [-0.3, -0.25) is 0 Å². The number of anilines is 1. The zero-order valence-electron chi connectivity index (χ0n) is 10.4. The molecule has 0 aliphatic heterocycles. The summed E-state index contributed by atoms with van der Waals surface area (Å²) >= 11 is 6.20. The molecule has 2 rings (SSSR count). The molecule has 1 aromatic heterocycles. The average molecular weight is 265 g/mol. The number of nitrogens with zero attached hydrogens (tertiary/aromatic N) is 2. The highest BCUT2D eigenvalue weighted by Gasteiger charge is 2.11. The van der Waals surface area contributed by atoms with Gasteiger partial charge in [0.2, 0.25) is 0 Å². The second-order valence-corrected chi connectivity index (χ2v) is 4.34. The number of benzene rings is 1. The monoisotopic (exact) mass is 264 g/mol. The van der Waals surface area contributed by atoms with Crippen molar-refractivity contribution in [2.45, 2.75) is 13.3 Å². The highest BCUT2D eigenvalue weighted by Crippen LogP contribution is 2.24. The van der Waals surface area contributed by atoms with Crippen LogP contribution in [0.1, 0.15) is 12.6 Å². The van der Waals surface area contributed by atoms with Gasteiger partial charge >= 0.3 is 0 Å². The fourth-order valence-corrected chi connectivity index (χ4v) is 2.12. The summed E-state index contributed by atoms with van der Waals surface area (Å²) in [6.45, 7) is 3.43. The van der Waals surface area contributed by atoms with Crippen LogP contribution >= 0.6 is 11.6 Å². The van der Waals surface area contributed by atoms with E-state index < -0.39 is 0 Å². The maximum atomic E-state index is 6.20. The summed E-state index contributed by atoms with van der Waals surface area (Å²) in [5.74, 6) is 0. The second-order valence-electron chi connectivity index (χ2n) is 3.94. The van der Waals surface area contributed by atoms with Crippen molar-refractivity contribution in [1.82, 2.24) is 9.78 Å². The van der Waals surface area contributed by atoms with Crippen LogP contribution in [0.4, 0.5) is 5.69 Å². The number of rotatable bonds is 5. The molecule has 4 nitrogen and oxygen atoms in total. The largest absolute Gasteiger partial charge is 0.381 e. The predicted molar refractivity (Wildman–Crippen MR) is 75.5 cm³/mol. The lowest BCUT2D eigenvalue weighted by molar-refractivity contribution is 0.814. The molecule has 1 heterocycles. The topological polar surface area (TPSA) is 55.9 Å². The number of nitrogens with one attached hydrogen (secondary N) is 1. The minimum absolute atomic E-state index is 0.598. The van der Waals surface area contributed by atoms with Crippen LogP contribution in [-0.4, -0.2) is 22.9 Å². The standard InChI is InChI=1S/C13H17ClN4/c1-2-12-11(16-8-7-15)9-17-18(12)13-6-4-3-5-10(13)14/h3-6,9,16H,2,7-8,15H2,1H3. The van der Waals surface area contributed by atoms with E-state index in [1.807, 2.05) is 35.1 Å². The summed E-state index contributed by atoms with van der Waals surface area (Å²) in [5, 5.41) is 8.37. The highest BCUT2D eigenvalue weighted by molar-refractivity contribution is 6.32. The van der Waals surface area contributed by atoms with Gasteiger partial charge < -0.3 is 11.1 Å². The Morgan fingerprint density at radius 1 is 1.39 bits per heavy atom. The fourth-order valence-electron chi connectivity index (χ4n) is 1.90. The Balaban J connectivity index is 2.40. The molecule has 0 atom stereocenters. The zero-order valence-corrected chi connectivity index (χ0v) is 11.1. The molecule has 0 saturated carbocycles. The molecule has 0 fully saturated rings. The lowest BCUT2D eigenvalue weighted by Crippen LogP contribution is -2.14. The van der Waals surface area contributed by atoms with Gasteiger partial charge in [0, 0.05) is 13.1 Å². The molecule has 96 valence electrons. The molecule has 2 aromatic rings. The first-order chi connectivity index (χ1) is 8.77. The fraction of sp³-hybridized carbons (Fsp3) is 0.308. The van der Waals surface area contributed by atoms with Crippen molar-refractivity contribution >= 4 is 17.3 Å². The lowest BCUT2D eigenvalue weighted by Gasteiger charge is -2.10. The summed E-state index contributed by atoms with van der Waals surface area (Å²) in [5.41, 5.74) is 8.52. The van der Waals surface area contributed by atoms with Gasteiger partial charge in [-0.15, -0.1) is 0 Å². The molecule has 0 aliphatic carbocycles. The average Bonchev–Trinajstić information content (AvgIpc) is 2.79. The van der Waals surface area contributed by atoms with Gasteiger partial charge in [0.1, 0.15) is 0 Å². The Kier molecular flexibility index (Phi) is 4.23. The van der Waals surface area contributed by atoms with Crippen LogP contribution in [0.3, 0.4) is 0 Å². The third kappa shape index (κ3) is 2.49. The van der Waals surface area contributed by atoms with Gasteiger partial charge in [-0.05, 0) is 18.6 Å². The van der Waals surface area contributed by atoms with Crippen LogP contribution in [0.25, 0.3) is 5.69 Å². The van der Waals surface area contributed by atoms with E-state index in [4.69, 9.17) is 17.3 Å². The van der Waals surface area contributed by atoms with E-state index in [-0.39, 0.29) is 0 Å². The van der Waals surface area contributed by atoms with Crippen molar-refractivity contribution in [3.8, 4) is 5.69 Å². The minimum Gasteiger partial charge on any atom is -0.381 e. The Morgan fingerprint density at radius 2 is 2.17 bits per heavy atom. The number of halogens is 1. The predicted octanol–water partition coefficient (Wildman–Crippen LogP) is 2.46. The van der Waals surface area contributed by atoms with Crippen molar-refractivity contribution in [3.05, 3.63) is 41.2 Å². The molecule has 0 spiro atoms. The SMILES string of the molecule is CCc1c(NCCN)cnn1-c1ccccc1Cl. The normalized spacial score (nSPS) is 10.6. The Hall–Kier alpha value is -1.52. The van der Waals surface area contributed by atoms with Gasteiger partial charge in [0.05, 0.1) is 28.3 Å². The smallest absolute Gasteiger partial charge is 0.0835 e. The lowest BCUT2D eigenvalue weighted by atomic mass is 10.2. The van der Waals surface area contributed by atoms with Crippen LogP contribution in [-0.2, 0) is 6.42 Å². The summed E-state index contributed by atoms with van der Waals surface area (Å²) in [6, 6.07) is 7.69. The maximum absolute atomic E-state index is 6.20. The molecule has 0 radical (unpaired) electrons. The van der Waals surface area contributed by atoms with E-state index in [1.165, 1.54) is 0 Å². The van der Waals surface area contributed by atoms with Crippen molar-refractivity contribution in [3.63, 3.8) is 0 Å². The number of para-hydroxylation sites is 1. The van der Waals surface area contributed by atoms with Gasteiger partial charge in [0.25, 0.3) is 0 Å².